The van der Waals surface area contributed by atoms with Crippen LogP contribution in [0.15, 0.2) is 12.4 Å². The number of piperidine rings is 1. The molecule has 0 radical (unpaired) electrons. The van der Waals surface area contributed by atoms with E-state index in [4.69, 9.17) is 0 Å². The number of fused-ring (bicyclic) bond motifs is 2. The molecule has 0 spiro atoms. The Balaban J connectivity index is 1.60. The number of pyridine rings is 1. The molecule has 0 aromatic carbocycles. The molecule has 6 heteroatoms. The molecule has 0 amide bonds. The molecular formula is C19H22N6. The van der Waals surface area contributed by atoms with Crippen molar-refractivity contribution >= 4 is 17.8 Å². The average Bonchev–Trinajstić information content (AvgIpc) is 3.33. The van der Waals surface area contributed by atoms with Gasteiger partial charge in [-0.25, -0.2) is 9.50 Å². The molecule has 2 aliphatic rings. The zero-order valence-electron chi connectivity index (χ0n) is 14.6. The van der Waals surface area contributed by atoms with Crippen molar-refractivity contribution in [3.05, 3.63) is 45.5 Å². The highest BCUT2D eigenvalue weighted by atomic mass is 15.3. The first-order chi connectivity index (χ1) is 12.2. The molecule has 1 atom stereocenters. The lowest BCUT2D eigenvalue weighted by molar-refractivity contribution is 0.451. The molecule has 4 heterocycles. The van der Waals surface area contributed by atoms with Crippen molar-refractivity contribution in [2.45, 2.75) is 38.5 Å². The first-order valence-corrected chi connectivity index (χ1v) is 9.01. The van der Waals surface area contributed by atoms with Crippen molar-refractivity contribution in [1.82, 2.24) is 30.1 Å². The summed E-state index contributed by atoms with van der Waals surface area (Å²) in [5, 5.41) is 18.2. The zero-order chi connectivity index (χ0) is 17.0. The van der Waals surface area contributed by atoms with E-state index >= 15 is 0 Å². The van der Waals surface area contributed by atoms with Crippen molar-refractivity contribution < 1.29 is 0 Å². The third-order valence-corrected chi connectivity index (χ3v) is 5.65. The van der Waals surface area contributed by atoms with E-state index < -0.39 is 0 Å². The van der Waals surface area contributed by atoms with Crippen LogP contribution in [0, 0.1) is 13.8 Å². The standard InChI is InChI=1S/C19H22N6/c1-11-7-15(12(2)25-19(11)21-10-22-25)14-8-16-17(9-14)23-24-18(16)13-3-5-20-6-4-13/h7-10,13-14,20,23H,3-6H2,1-2H3. The second-order valence-electron chi connectivity index (χ2n) is 7.18. The fourth-order valence-corrected chi connectivity index (χ4v) is 4.29. The maximum atomic E-state index is 4.63. The molecule has 1 aliphatic heterocycles. The molecule has 1 aliphatic carbocycles. The highest BCUT2D eigenvalue weighted by molar-refractivity contribution is 5.63. The van der Waals surface area contributed by atoms with Crippen molar-refractivity contribution in [2.75, 3.05) is 13.1 Å². The van der Waals surface area contributed by atoms with Crippen LogP contribution in [0.5, 0.6) is 0 Å². The lowest BCUT2D eigenvalue weighted by atomic mass is 9.93. The van der Waals surface area contributed by atoms with Gasteiger partial charge in [0.25, 0.3) is 0 Å². The molecule has 3 aromatic rings. The number of aryl methyl sites for hydroxylation is 2. The van der Waals surface area contributed by atoms with Crippen molar-refractivity contribution in [2.24, 2.45) is 0 Å². The fraction of sp³-hybridized carbons (Fsp3) is 0.421. The molecule has 1 fully saturated rings. The maximum absolute atomic E-state index is 4.63. The SMILES string of the molecule is Cc1cc(C2C=c3[nH]nc(C4CCNCC4)c3=C2)c(C)n2ncnc12. The maximum Gasteiger partial charge on any atom is 0.158 e. The second-order valence-corrected chi connectivity index (χ2v) is 7.18. The van der Waals surface area contributed by atoms with E-state index in [1.807, 2.05) is 4.52 Å². The van der Waals surface area contributed by atoms with Gasteiger partial charge < -0.3 is 5.32 Å². The molecule has 5 rings (SSSR count). The lowest BCUT2D eigenvalue weighted by Gasteiger charge is -2.20. The minimum Gasteiger partial charge on any atom is -0.317 e. The number of H-pyrrole nitrogens is 1. The van der Waals surface area contributed by atoms with E-state index in [0.29, 0.717) is 5.92 Å². The topological polar surface area (TPSA) is 70.9 Å². The van der Waals surface area contributed by atoms with E-state index in [9.17, 15) is 0 Å². The fourth-order valence-electron chi connectivity index (χ4n) is 4.29. The van der Waals surface area contributed by atoms with Crippen LogP contribution in [0.2, 0.25) is 0 Å². The van der Waals surface area contributed by atoms with Crippen LogP contribution in [0.3, 0.4) is 0 Å². The van der Waals surface area contributed by atoms with E-state index in [-0.39, 0.29) is 5.92 Å². The summed E-state index contributed by atoms with van der Waals surface area (Å²) >= 11 is 0. The molecular weight excluding hydrogens is 312 g/mol. The van der Waals surface area contributed by atoms with Crippen LogP contribution in [0.25, 0.3) is 17.8 Å². The van der Waals surface area contributed by atoms with E-state index in [1.54, 1.807) is 6.33 Å². The Hall–Kier alpha value is -2.47. The summed E-state index contributed by atoms with van der Waals surface area (Å²) in [6, 6.07) is 2.25. The van der Waals surface area contributed by atoms with Gasteiger partial charge in [0.1, 0.15) is 6.33 Å². The highest BCUT2D eigenvalue weighted by Gasteiger charge is 2.23. The second kappa shape index (κ2) is 5.52. The van der Waals surface area contributed by atoms with Gasteiger partial charge in [-0.05, 0) is 63.0 Å². The Morgan fingerprint density at radius 2 is 2.00 bits per heavy atom. The van der Waals surface area contributed by atoms with Crippen LogP contribution in [-0.4, -0.2) is 37.9 Å². The quantitative estimate of drug-likeness (QED) is 0.730. The monoisotopic (exact) mass is 334 g/mol. The summed E-state index contributed by atoms with van der Waals surface area (Å²) in [6.45, 7) is 6.39. The summed E-state index contributed by atoms with van der Waals surface area (Å²) in [7, 11) is 0. The van der Waals surface area contributed by atoms with Gasteiger partial charge in [0.05, 0.1) is 11.0 Å². The molecule has 128 valence electrons. The van der Waals surface area contributed by atoms with Crippen LogP contribution in [0.4, 0.5) is 0 Å². The summed E-state index contributed by atoms with van der Waals surface area (Å²) < 4.78 is 1.95. The Morgan fingerprint density at radius 1 is 1.16 bits per heavy atom. The van der Waals surface area contributed by atoms with Crippen LogP contribution >= 0.6 is 0 Å². The van der Waals surface area contributed by atoms with E-state index in [1.165, 1.54) is 29.3 Å². The number of nitrogens with one attached hydrogen (secondary N) is 2. The smallest absolute Gasteiger partial charge is 0.158 e. The summed E-state index contributed by atoms with van der Waals surface area (Å²) in [4.78, 5) is 4.36. The number of nitrogens with zero attached hydrogens (tertiary/aromatic N) is 4. The van der Waals surface area contributed by atoms with Crippen LogP contribution in [-0.2, 0) is 0 Å². The van der Waals surface area contributed by atoms with Crippen molar-refractivity contribution in [3.63, 3.8) is 0 Å². The van der Waals surface area contributed by atoms with Gasteiger partial charge in [-0.15, -0.1) is 0 Å². The minimum atomic E-state index is 0.261. The molecule has 3 aromatic heterocycles. The third-order valence-electron chi connectivity index (χ3n) is 5.65. The molecule has 1 unspecified atom stereocenters. The Kier molecular flexibility index (Phi) is 3.28. The number of aromatic amines is 1. The van der Waals surface area contributed by atoms with Gasteiger partial charge in [0.2, 0.25) is 0 Å². The first kappa shape index (κ1) is 14.8. The average molecular weight is 334 g/mol. The van der Waals surface area contributed by atoms with Gasteiger partial charge >= 0.3 is 0 Å². The molecule has 0 bridgehead atoms. The summed E-state index contributed by atoms with van der Waals surface area (Å²) in [6.07, 6.45) is 8.61. The van der Waals surface area contributed by atoms with Crippen LogP contribution < -0.4 is 15.9 Å². The normalized spacial score (nSPS) is 20.5. The predicted molar refractivity (Wildman–Crippen MR) is 96.8 cm³/mol. The Bertz CT molecular complexity index is 1070. The summed E-state index contributed by atoms with van der Waals surface area (Å²) in [5.41, 5.74) is 5.78. The predicted octanol–water partition coefficient (Wildman–Crippen LogP) is 0.895. The number of aromatic nitrogens is 5. The molecule has 6 nitrogen and oxygen atoms in total. The number of hydrogen-bond acceptors (Lipinski definition) is 4. The van der Waals surface area contributed by atoms with E-state index in [2.05, 4.69) is 57.7 Å². The Labute approximate surface area is 145 Å². The Morgan fingerprint density at radius 3 is 2.84 bits per heavy atom. The van der Waals surface area contributed by atoms with Crippen LogP contribution in [0.1, 0.15) is 47.2 Å². The molecule has 25 heavy (non-hydrogen) atoms. The van der Waals surface area contributed by atoms with Gasteiger partial charge in [0, 0.05) is 22.7 Å². The van der Waals surface area contributed by atoms with Gasteiger partial charge in [0.15, 0.2) is 5.65 Å². The third kappa shape index (κ3) is 2.24. The van der Waals surface area contributed by atoms with Gasteiger partial charge in [-0.1, -0.05) is 6.08 Å². The first-order valence-electron chi connectivity index (χ1n) is 9.01. The molecule has 2 N–H and O–H groups in total. The summed E-state index contributed by atoms with van der Waals surface area (Å²) in [5.74, 6) is 0.822. The highest BCUT2D eigenvalue weighted by Crippen LogP contribution is 2.28. The van der Waals surface area contributed by atoms with Gasteiger partial charge in [-0.2, -0.15) is 10.2 Å². The minimum absolute atomic E-state index is 0.261. The number of rotatable bonds is 2. The lowest BCUT2D eigenvalue weighted by Crippen LogP contribution is -2.30. The number of hydrogen-bond donors (Lipinski definition) is 2. The van der Waals surface area contributed by atoms with Crippen molar-refractivity contribution in [3.8, 4) is 0 Å². The largest absolute Gasteiger partial charge is 0.317 e. The molecule has 0 saturated carbocycles. The van der Waals surface area contributed by atoms with E-state index in [0.717, 1.165) is 35.3 Å². The molecule has 1 saturated heterocycles. The van der Waals surface area contributed by atoms with Gasteiger partial charge in [-0.3, -0.25) is 5.10 Å². The zero-order valence-corrected chi connectivity index (χ0v) is 14.6. The van der Waals surface area contributed by atoms with Crippen molar-refractivity contribution in [1.29, 1.82) is 0 Å².